The van der Waals surface area contributed by atoms with Crippen LogP contribution in [-0.4, -0.2) is 40.8 Å². The maximum absolute atomic E-state index is 13.6. The van der Waals surface area contributed by atoms with E-state index in [0.717, 1.165) is 33.8 Å². The number of sulfonamides is 1. The molecule has 0 aliphatic heterocycles. The van der Waals surface area contributed by atoms with Gasteiger partial charge in [0.05, 0.1) is 18.0 Å². The smallest absolute Gasteiger partial charge is 0.359 e. The van der Waals surface area contributed by atoms with Crippen molar-refractivity contribution in [1.29, 1.82) is 0 Å². The minimum Gasteiger partial charge on any atom is -0.359 e. The summed E-state index contributed by atoms with van der Waals surface area (Å²) in [5.41, 5.74) is 6.08. The van der Waals surface area contributed by atoms with Crippen molar-refractivity contribution in [3.63, 3.8) is 0 Å². The molecule has 3 aromatic heterocycles. The van der Waals surface area contributed by atoms with Crippen molar-refractivity contribution in [3.05, 3.63) is 88.1 Å². The van der Waals surface area contributed by atoms with Crippen LogP contribution >= 0.6 is 0 Å². The number of anilines is 1. The molecule has 13 heteroatoms. The van der Waals surface area contributed by atoms with Crippen LogP contribution in [0.3, 0.4) is 0 Å². The molecular weight excluding hydrogens is 593 g/mol. The molecule has 0 saturated heterocycles. The predicted molar refractivity (Wildman–Crippen MR) is 162 cm³/mol. The lowest BCUT2D eigenvalue weighted by Gasteiger charge is -2.18. The number of fused-ring (bicyclic) bond motifs is 1. The highest BCUT2D eigenvalue weighted by Crippen LogP contribution is 2.33. The van der Waals surface area contributed by atoms with Gasteiger partial charge in [0.2, 0.25) is 0 Å². The Bertz CT molecular complexity index is 1950. The van der Waals surface area contributed by atoms with Crippen molar-refractivity contribution in [2.45, 2.75) is 65.2 Å². The van der Waals surface area contributed by atoms with Gasteiger partial charge in [0.25, 0.3) is 10.0 Å². The van der Waals surface area contributed by atoms with Crippen molar-refractivity contribution in [2.75, 3.05) is 11.3 Å². The van der Waals surface area contributed by atoms with Gasteiger partial charge in [-0.2, -0.15) is 13.2 Å². The van der Waals surface area contributed by atoms with E-state index in [2.05, 4.69) is 15.2 Å². The third kappa shape index (κ3) is 6.48. The molecule has 0 fully saturated rings. The van der Waals surface area contributed by atoms with Crippen LogP contribution in [-0.2, 0) is 29.5 Å². The van der Waals surface area contributed by atoms with Crippen molar-refractivity contribution in [1.82, 2.24) is 25.0 Å². The SMILES string of the molecule is CCc1nc2c(C)cc(C)nc2n1Cc1ccc(-c2ccccc2S(=O)(=O)Nc2noc(C)c2C)c(CNCC(F)(F)F)c1. The maximum atomic E-state index is 13.6. The average Bonchev–Trinajstić information content (AvgIpc) is 3.46. The van der Waals surface area contributed by atoms with Gasteiger partial charge in [0, 0.05) is 29.8 Å². The monoisotopic (exact) mass is 626 g/mol. The fourth-order valence-corrected chi connectivity index (χ4v) is 6.46. The number of halogens is 3. The van der Waals surface area contributed by atoms with Crippen molar-refractivity contribution >= 4 is 27.0 Å². The van der Waals surface area contributed by atoms with Crippen molar-refractivity contribution < 1.29 is 26.1 Å². The van der Waals surface area contributed by atoms with Gasteiger partial charge in [-0.05, 0) is 62.1 Å². The molecule has 0 amide bonds. The minimum atomic E-state index is -4.41. The van der Waals surface area contributed by atoms with Crippen LogP contribution in [0, 0.1) is 27.7 Å². The van der Waals surface area contributed by atoms with Gasteiger partial charge in [-0.25, -0.2) is 18.4 Å². The quantitative estimate of drug-likeness (QED) is 0.185. The summed E-state index contributed by atoms with van der Waals surface area (Å²) >= 11 is 0. The number of benzene rings is 2. The molecule has 2 aromatic carbocycles. The maximum Gasteiger partial charge on any atom is 0.401 e. The van der Waals surface area contributed by atoms with Crippen LogP contribution in [0.4, 0.5) is 19.0 Å². The summed E-state index contributed by atoms with van der Waals surface area (Å²) in [7, 11) is -4.15. The molecule has 9 nitrogen and oxygen atoms in total. The van der Waals surface area contributed by atoms with Crippen molar-refractivity contribution in [3.8, 4) is 11.1 Å². The molecular formula is C31H33F3N6O3S. The molecule has 0 bridgehead atoms. The number of nitrogens with one attached hydrogen (secondary N) is 2. The minimum absolute atomic E-state index is 0.0473. The third-order valence-electron chi connectivity index (χ3n) is 7.42. The molecule has 0 atom stereocenters. The molecule has 0 radical (unpaired) electrons. The first-order valence-electron chi connectivity index (χ1n) is 14.0. The number of aromatic nitrogens is 4. The number of nitrogens with zero attached hydrogens (tertiary/aromatic N) is 4. The second-order valence-corrected chi connectivity index (χ2v) is 12.4. The number of alkyl halides is 3. The summed E-state index contributed by atoms with van der Waals surface area (Å²) in [6, 6.07) is 13.7. The van der Waals surface area contributed by atoms with Crippen LogP contribution < -0.4 is 10.0 Å². The topological polar surface area (TPSA) is 115 Å². The lowest BCUT2D eigenvalue weighted by molar-refractivity contribution is -0.125. The van der Waals surface area contributed by atoms with E-state index in [-0.39, 0.29) is 17.3 Å². The second-order valence-electron chi connectivity index (χ2n) is 10.7. The highest BCUT2D eigenvalue weighted by atomic mass is 32.2. The van der Waals surface area contributed by atoms with E-state index < -0.39 is 22.7 Å². The number of hydrogen-bond donors (Lipinski definition) is 2. The van der Waals surface area contributed by atoms with E-state index in [4.69, 9.17) is 14.5 Å². The van der Waals surface area contributed by atoms with E-state index >= 15 is 0 Å². The number of aryl methyl sites for hydroxylation is 4. The van der Waals surface area contributed by atoms with Crippen LogP contribution in [0.5, 0.6) is 0 Å². The summed E-state index contributed by atoms with van der Waals surface area (Å²) in [6.07, 6.45) is -3.75. The van der Waals surface area contributed by atoms with E-state index in [1.165, 1.54) is 6.07 Å². The van der Waals surface area contributed by atoms with Gasteiger partial charge in [-0.1, -0.05) is 48.5 Å². The van der Waals surface area contributed by atoms with Crippen LogP contribution in [0.1, 0.15) is 46.5 Å². The Balaban J connectivity index is 1.58. The lowest BCUT2D eigenvalue weighted by atomic mass is 9.97. The normalized spacial score (nSPS) is 12.3. The number of hydrogen-bond acceptors (Lipinski definition) is 7. The van der Waals surface area contributed by atoms with Gasteiger partial charge < -0.3 is 14.4 Å². The zero-order valence-corrected chi connectivity index (χ0v) is 25.8. The molecule has 0 spiro atoms. The lowest BCUT2D eigenvalue weighted by Crippen LogP contribution is -2.28. The summed E-state index contributed by atoms with van der Waals surface area (Å²) in [6.45, 7) is 8.30. The number of imidazole rings is 1. The molecule has 3 heterocycles. The highest BCUT2D eigenvalue weighted by Gasteiger charge is 2.27. The Labute approximate surface area is 253 Å². The molecule has 5 aromatic rings. The van der Waals surface area contributed by atoms with Crippen LogP contribution in [0.2, 0.25) is 0 Å². The molecule has 0 unspecified atom stereocenters. The van der Waals surface area contributed by atoms with Gasteiger partial charge >= 0.3 is 6.18 Å². The molecule has 0 aliphatic carbocycles. The Hall–Kier alpha value is -4.23. The standard InChI is InChI=1S/C31H33F3N6O3S/c1-6-27-37-28-18(2)13-19(3)36-30(28)40(27)16-22-11-12-24(23(14-22)15-35-17-31(32,33)34)25-9-7-8-10-26(25)44(41,42)39-29-20(4)21(5)43-38-29/h7-14,35H,6,15-17H2,1-5H3,(H,38,39). The fraction of sp³-hybridized carbons (Fsp3) is 0.323. The third-order valence-corrected chi connectivity index (χ3v) is 8.82. The Kier molecular flexibility index (Phi) is 8.54. The first kappa shape index (κ1) is 31.2. The van der Waals surface area contributed by atoms with Gasteiger partial charge in [0.1, 0.15) is 17.1 Å². The zero-order chi connectivity index (χ0) is 31.8. The summed E-state index contributed by atoms with van der Waals surface area (Å²) in [5.74, 6) is 1.38. The van der Waals surface area contributed by atoms with E-state index in [9.17, 15) is 21.6 Å². The van der Waals surface area contributed by atoms with Gasteiger partial charge in [0.15, 0.2) is 11.5 Å². The molecule has 0 saturated carbocycles. The average molecular weight is 627 g/mol. The summed E-state index contributed by atoms with van der Waals surface area (Å²) in [5, 5.41) is 6.28. The Morgan fingerprint density at radius 2 is 1.73 bits per heavy atom. The zero-order valence-electron chi connectivity index (χ0n) is 25.0. The van der Waals surface area contributed by atoms with Gasteiger partial charge in [-0.15, -0.1) is 0 Å². The molecule has 44 heavy (non-hydrogen) atoms. The first-order chi connectivity index (χ1) is 20.8. The fourth-order valence-electron chi connectivity index (χ4n) is 5.18. The largest absolute Gasteiger partial charge is 0.401 e. The summed E-state index contributed by atoms with van der Waals surface area (Å²) < 4.78 is 76.0. The van der Waals surface area contributed by atoms with E-state index in [1.807, 2.05) is 37.5 Å². The molecule has 2 N–H and O–H groups in total. The van der Waals surface area contributed by atoms with Crippen LogP contribution in [0.25, 0.3) is 22.3 Å². The summed E-state index contributed by atoms with van der Waals surface area (Å²) in [4.78, 5) is 9.47. The highest BCUT2D eigenvalue weighted by molar-refractivity contribution is 7.92. The van der Waals surface area contributed by atoms with E-state index in [0.29, 0.717) is 41.0 Å². The van der Waals surface area contributed by atoms with Gasteiger partial charge in [-0.3, -0.25) is 4.72 Å². The second kappa shape index (κ2) is 12.0. The molecule has 0 aliphatic rings. The van der Waals surface area contributed by atoms with Crippen molar-refractivity contribution in [2.24, 2.45) is 0 Å². The Morgan fingerprint density at radius 1 is 0.977 bits per heavy atom. The predicted octanol–water partition coefficient (Wildman–Crippen LogP) is 6.38. The molecule has 232 valence electrons. The number of rotatable bonds is 10. The van der Waals surface area contributed by atoms with Crippen LogP contribution in [0.15, 0.2) is 57.9 Å². The molecule has 5 rings (SSSR count). The Morgan fingerprint density at radius 3 is 2.41 bits per heavy atom. The first-order valence-corrected chi connectivity index (χ1v) is 15.5. The number of pyridine rings is 1. The van der Waals surface area contributed by atoms with E-state index in [1.54, 1.807) is 44.2 Å².